The molecule has 0 atom stereocenters. The molecule has 0 radical (unpaired) electrons. The Hall–Kier alpha value is -3.74. The van der Waals surface area contributed by atoms with Gasteiger partial charge in [-0.1, -0.05) is 78.9 Å². The first-order valence-corrected chi connectivity index (χ1v) is 13.9. The highest BCUT2D eigenvalue weighted by molar-refractivity contribution is 8.00. The average Bonchev–Trinajstić information content (AvgIpc) is 3.30. The molecule has 0 N–H and O–H groups in total. The van der Waals surface area contributed by atoms with Crippen LogP contribution in [0.4, 0.5) is 0 Å². The minimum Gasteiger partial charge on any atom is -0.466 e. The van der Waals surface area contributed by atoms with Crippen LogP contribution in [-0.4, -0.2) is 18.4 Å². The molecule has 0 fully saturated rings. The molecule has 5 aromatic rings. The second-order valence-corrected chi connectivity index (χ2v) is 10.7. The molecule has 184 valence electrons. The zero-order valence-electron chi connectivity index (χ0n) is 20.4. The van der Waals surface area contributed by atoms with Crippen molar-refractivity contribution >= 4 is 45.6 Å². The maximum atomic E-state index is 13.7. The molecule has 0 aliphatic rings. The van der Waals surface area contributed by atoms with Crippen molar-refractivity contribution in [3.05, 3.63) is 125 Å². The van der Waals surface area contributed by atoms with Gasteiger partial charge in [0.25, 0.3) is 0 Å². The van der Waals surface area contributed by atoms with Crippen molar-refractivity contribution in [1.29, 1.82) is 0 Å². The zero-order valence-corrected chi connectivity index (χ0v) is 22.1. The fourth-order valence-corrected chi connectivity index (χ4v) is 6.91. The molecule has 37 heavy (non-hydrogen) atoms. The van der Waals surface area contributed by atoms with Crippen LogP contribution in [-0.2, 0) is 21.7 Å². The van der Waals surface area contributed by atoms with Gasteiger partial charge in [-0.3, -0.25) is 9.59 Å². The largest absolute Gasteiger partial charge is 0.466 e. The Labute approximate surface area is 224 Å². The zero-order chi connectivity index (χ0) is 25.6. The van der Waals surface area contributed by atoms with Crippen molar-refractivity contribution < 1.29 is 18.9 Å². The Balaban J connectivity index is 1.62. The Morgan fingerprint density at radius 1 is 0.865 bits per heavy atom. The molecule has 6 heteroatoms. The van der Waals surface area contributed by atoms with E-state index in [9.17, 15) is 9.59 Å². The highest BCUT2D eigenvalue weighted by Gasteiger charge is 2.31. The lowest BCUT2D eigenvalue weighted by atomic mass is 10.0. The number of thioether (sulfide) groups is 1. The third-order valence-corrected chi connectivity index (χ3v) is 8.56. The summed E-state index contributed by atoms with van der Waals surface area (Å²) in [6.07, 6.45) is 3.94. The van der Waals surface area contributed by atoms with Crippen molar-refractivity contribution in [1.82, 2.24) is 0 Å². The Bertz CT molecular complexity index is 1540. The summed E-state index contributed by atoms with van der Waals surface area (Å²) in [4.78, 5) is 27.0. The first-order valence-electron chi connectivity index (χ1n) is 12.1. The molecule has 2 aromatic heterocycles. The summed E-state index contributed by atoms with van der Waals surface area (Å²) in [7, 11) is 0. The van der Waals surface area contributed by atoms with Crippen LogP contribution >= 0.6 is 23.1 Å². The lowest BCUT2D eigenvalue weighted by Gasteiger charge is -2.07. The van der Waals surface area contributed by atoms with Gasteiger partial charge in [0.15, 0.2) is 12.4 Å². The van der Waals surface area contributed by atoms with Crippen LogP contribution in [0.5, 0.6) is 0 Å². The van der Waals surface area contributed by atoms with Crippen LogP contribution in [0, 0.1) is 0 Å². The summed E-state index contributed by atoms with van der Waals surface area (Å²) < 4.78 is 8.29. The molecule has 0 saturated heterocycles. The van der Waals surface area contributed by atoms with E-state index in [0.29, 0.717) is 22.6 Å². The number of aromatic nitrogens is 1. The van der Waals surface area contributed by atoms with E-state index in [-0.39, 0.29) is 18.2 Å². The van der Waals surface area contributed by atoms with Gasteiger partial charge < -0.3 is 4.74 Å². The number of carbonyl (C=O) groups excluding carboxylic acids is 2. The molecule has 0 aliphatic heterocycles. The highest BCUT2D eigenvalue weighted by atomic mass is 32.2. The maximum Gasteiger partial charge on any atom is 0.310 e. The fraction of sp³-hybridized carbons (Fsp3) is 0.129. The van der Waals surface area contributed by atoms with Gasteiger partial charge in [-0.15, -0.1) is 23.1 Å². The van der Waals surface area contributed by atoms with Crippen LogP contribution in [0.3, 0.4) is 0 Å². The number of nitrogens with zero attached hydrogens (tertiary/aromatic N) is 1. The molecule has 5 rings (SSSR count). The van der Waals surface area contributed by atoms with Crippen LogP contribution in [0.2, 0.25) is 0 Å². The molecular formula is C31H26NO3S2+. The van der Waals surface area contributed by atoms with Gasteiger partial charge in [-0.05, 0) is 23.3 Å². The topological polar surface area (TPSA) is 47.3 Å². The lowest BCUT2D eigenvalue weighted by Crippen LogP contribution is -2.31. The molecule has 0 aliphatic carbocycles. The smallest absolute Gasteiger partial charge is 0.310 e. The summed E-state index contributed by atoms with van der Waals surface area (Å²) in [6, 6.07) is 29.8. The molecule has 2 heterocycles. The van der Waals surface area contributed by atoms with E-state index in [0.717, 1.165) is 15.6 Å². The van der Waals surface area contributed by atoms with E-state index >= 15 is 0 Å². The lowest BCUT2D eigenvalue weighted by molar-refractivity contribution is -0.598. The third-order valence-electron chi connectivity index (χ3n) is 6.03. The first kappa shape index (κ1) is 24.9. The van der Waals surface area contributed by atoms with E-state index in [4.69, 9.17) is 4.74 Å². The number of ketones is 1. The first-order chi connectivity index (χ1) is 18.2. The number of fused-ring (bicyclic) bond motifs is 1. The van der Waals surface area contributed by atoms with E-state index in [2.05, 4.69) is 36.4 Å². The quantitative estimate of drug-likeness (QED) is 0.0920. The molecule has 4 nitrogen and oxygen atoms in total. The van der Waals surface area contributed by atoms with Gasteiger partial charge >= 0.3 is 5.97 Å². The summed E-state index contributed by atoms with van der Waals surface area (Å²) >= 11 is 3.14. The van der Waals surface area contributed by atoms with Gasteiger partial charge in [0, 0.05) is 23.4 Å². The molecule has 0 unspecified atom stereocenters. The number of hydrogen-bond donors (Lipinski definition) is 0. The average molecular weight is 525 g/mol. The number of benzene rings is 3. The van der Waals surface area contributed by atoms with Crippen molar-refractivity contribution in [3.8, 4) is 5.69 Å². The Morgan fingerprint density at radius 2 is 1.57 bits per heavy atom. The van der Waals surface area contributed by atoms with Gasteiger partial charge in [0.2, 0.25) is 11.5 Å². The normalized spacial score (nSPS) is 10.9. The fourth-order valence-electron chi connectivity index (χ4n) is 4.33. The Kier molecular flexibility index (Phi) is 7.78. The summed E-state index contributed by atoms with van der Waals surface area (Å²) in [5.74, 6) is 0.311. The van der Waals surface area contributed by atoms with Crippen LogP contribution < -0.4 is 4.57 Å². The van der Waals surface area contributed by atoms with Crippen molar-refractivity contribution in [3.63, 3.8) is 0 Å². The van der Waals surface area contributed by atoms with E-state index in [1.807, 2.05) is 71.6 Å². The van der Waals surface area contributed by atoms with Crippen molar-refractivity contribution in [2.45, 2.75) is 23.3 Å². The van der Waals surface area contributed by atoms with Gasteiger partial charge in [-0.2, -0.15) is 4.57 Å². The van der Waals surface area contributed by atoms with E-state index in [1.54, 1.807) is 18.7 Å². The summed E-state index contributed by atoms with van der Waals surface area (Å²) in [5, 5.41) is 2.42. The summed E-state index contributed by atoms with van der Waals surface area (Å²) in [5.41, 5.74) is 3.39. The number of ether oxygens (including phenoxy) is 1. The molecule has 0 saturated carbocycles. The standard InChI is InChI=1S/C31H26NO3S2/c1-2-35-27(33)20-26-28(32-18-9-4-10-19-32)31(37-30(26)29(34)23-13-5-3-6-14-23)36-21-24-16-11-15-22-12-7-8-17-25(22)24/h3-19H,2,20-21H2,1H3/q+1. The van der Waals surface area contributed by atoms with Gasteiger partial charge in [-0.25, -0.2) is 0 Å². The number of carbonyl (C=O) groups is 2. The maximum absolute atomic E-state index is 13.7. The predicted octanol–water partition coefficient (Wildman–Crippen LogP) is 6.81. The summed E-state index contributed by atoms with van der Waals surface area (Å²) in [6.45, 7) is 2.08. The van der Waals surface area contributed by atoms with Crippen LogP contribution in [0.1, 0.15) is 33.3 Å². The molecule has 0 spiro atoms. The third kappa shape index (κ3) is 5.50. The van der Waals surface area contributed by atoms with Crippen molar-refractivity contribution in [2.75, 3.05) is 6.61 Å². The number of thiophene rings is 1. The molecule has 3 aromatic carbocycles. The van der Waals surface area contributed by atoms with Crippen molar-refractivity contribution in [2.24, 2.45) is 0 Å². The minimum absolute atomic E-state index is 0.0320. The minimum atomic E-state index is -0.342. The molecule has 0 bridgehead atoms. The molecule has 0 amide bonds. The number of esters is 1. The SMILES string of the molecule is CCOC(=O)Cc1c(C(=O)c2ccccc2)sc(SCc2cccc3ccccc23)c1-[n+]1ccccc1. The number of hydrogen-bond acceptors (Lipinski definition) is 5. The second-order valence-electron chi connectivity index (χ2n) is 8.43. The monoisotopic (exact) mass is 524 g/mol. The van der Waals surface area contributed by atoms with Crippen LogP contribution in [0.15, 0.2) is 108 Å². The van der Waals surface area contributed by atoms with Crippen LogP contribution in [0.25, 0.3) is 16.5 Å². The highest BCUT2D eigenvalue weighted by Crippen LogP contribution is 2.40. The van der Waals surface area contributed by atoms with Gasteiger partial charge in [0.1, 0.15) is 4.21 Å². The predicted molar refractivity (Wildman–Crippen MR) is 150 cm³/mol. The second kappa shape index (κ2) is 11.5. The van der Waals surface area contributed by atoms with E-state index in [1.165, 1.54) is 27.7 Å². The Morgan fingerprint density at radius 3 is 2.35 bits per heavy atom. The number of rotatable bonds is 9. The van der Waals surface area contributed by atoms with E-state index < -0.39 is 0 Å². The number of pyridine rings is 1. The van der Waals surface area contributed by atoms with Gasteiger partial charge in [0.05, 0.1) is 23.5 Å². The molecular weight excluding hydrogens is 498 g/mol.